The van der Waals surface area contributed by atoms with Crippen molar-refractivity contribution in [3.8, 4) is 11.5 Å². The van der Waals surface area contributed by atoms with E-state index in [9.17, 15) is 5.11 Å². The highest BCUT2D eigenvalue weighted by Gasteiger charge is 2.25. The molecule has 1 aliphatic heterocycles. The lowest BCUT2D eigenvalue weighted by Crippen LogP contribution is -2.40. The fraction of sp³-hybridized carbons (Fsp3) is 0.632. The molecule has 1 unspecified atom stereocenters. The molecule has 24 heavy (non-hydrogen) atoms. The second kappa shape index (κ2) is 8.81. The zero-order chi connectivity index (χ0) is 17.5. The summed E-state index contributed by atoms with van der Waals surface area (Å²) in [5, 5.41) is 13.6. The Morgan fingerprint density at radius 1 is 1.46 bits per heavy atom. The van der Waals surface area contributed by atoms with Gasteiger partial charge in [0.05, 0.1) is 13.7 Å². The van der Waals surface area contributed by atoms with E-state index in [-0.39, 0.29) is 5.75 Å². The van der Waals surface area contributed by atoms with Gasteiger partial charge in [0.1, 0.15) is 0 Å². The van der Waals surface area contributed by atoms with Crippen molar-refractivity contribution in [1.82, 2.24) is 10.2 Å². The molecule has 1 aliphatic rings. The van der Waals surface area contributed by atoms with Crippen LogP contribution in [0.4, 0.5) is 0 Å². The van der Waals surface area contributed by atoms with Crippen LogP contribution in [0.5, 0.6) is 11.5 Å². The normalized spacial score (nSPS) is 18.3. The highest BCUT2D eigenvalue weighted by Crippen LogP contribution is 2.30. The minimum atomic E-state index is 0.179. The maximum absolute atomic E-state index is 10.2. The molecule has 0 aliphatic carbocycles. The van der Waals surface area contributed by atoms with E-state index < -0.39 is 0 Å². The minimum Gasteiger partial charge on any atom is -0.504 e. The Morgan fingerprint density at radius 2 is 2.25 bits per heavy atom. The number of hydrogen-bond donors (Lipinski definition) is 2. The minimum absolute atomic E-state index is 0.179. The van der Waals surface area contributed by atoms with E-state index in [0.717, 1.165) is 43.0 Å². The molecule has 1 heterocycles. The van der Waals surface area contributed by atoms with Gasteiger partial charge in [-0.15, -0.1) is 0 Å². The number of guanidine groups is 1. The lowest BCUT2D eigenvalue weighted by Gasteiger charge is -2.22. The summed E-state index contributed by atoms with van der Waals surface area (Å²) in [6.07, 6.45) is 2.50. The highest BCUT2D eigenvalue weighted by molar-refractivity contribution is 5.80. The molecule has 0 amide bonds. The van der Waals surface area contributed by atoms with E-state index in [2.05, 4.69) is 31.0 Å². The van der Waals surface area contributed by atoms with Crippen LogP contribution in [0.15, 0.2) is 23.2 Å². The molecule has 1 aromatic carbocycles. The molecule has 0 saturated carbocycles. The van der Waals surface area contributed by atoms with Crippen molar-refractivity contribution in [3.05, 3.63) is 23.8 Å². The fourth-order valence-corrected chi connectivity index (χ4v) is 3.33. The number of aliphatic imine (C=N–C) groups is 1. The van der Waals surface area contributed by atoms with Gasteiger partial charge in [-0.3, -0.25) is 0 Å². The van der Waals surface area contributed by atoms with Crippen LogP contribution in [0.3, 0.4) is 0 Å². The second-order valence-corrected chi connectivity index (χ2v) is 6.87. The summed E-state index contributed by atoms with van der Waals surface area (Å²) in [6, 6.07) is 5.52. The summed E-state index contributed by atoms with van der Waals surface area (Å²) in [4.78, 5) is 7.07. The third kappa shape index (κ3) is 4.79. The van der Waals surface area contributed by atoms with Crippen LogP contribution in [0, 0.1) is 11.8 Å². The zero-order valence-electron chi connectivity index (χ0n) is 15.4. The highest BCUT2D eigenvalue weighted by atomic mass is 16.5. The molecule has 1 saturated heterocycles. The van der Waals surface area contributed by atoms with Crippen molar-refractivity contribution in [3.63, 3.8) is 0 Å². The van der Waals surface area contributed by atoms with Crippen LogP contribution in [-0.4, -0.2) is 42.7 Å². The van der Waals surface area contributed by atoms with Gasteiger partial charge in [0, 0.05) is 25.2 Å². The number of ether oxygens (including phenoxy) is 1. The van der Waals surface area contributed by atoms with Gasteiger partial charge in [-0.25, -0.2) is 4.99 Å². The Kier molecular flexibility index (Phi) is 6.76. The van der Waals surface area contributed by atoms with Gasteiger partial charge in [-0.05, 0) is 37.7 Å². The largest absolute Gasteiger partial charge is 0.504 e. The number of hydrogen-bond acceptors (Lipinski definition) is 3. The van der Waals surface area contributed by atoms with E-state index in [1.165, 1.54) is 12.8 Å². The standard InChI is InChI=1S/C19H31N3O2/c1-5-20-19(22-10-9-15(13-22)11-14(2)3)21-12-16-7-6-8-17(24-4)18(16)23/h6-8,14-15,23H,5,9-13H2,1-4H3,(H,20,21). The molecule has 1 fully saturated rings. The van der Waals surface area contributed by atoms with Crippen molar-refractivity contribution < 1.29 is 9.84 Å². The van der Waals surface area contributed by atoms with Crippen LogP contribution < -0.4 is 10.1 Å². The monoisotopic (exact) mass is 333 g/mol. The molecule has 0 radical (unpaired) electrons. The maximum Gasteiger partial charge on any atom is 0.194 e. The van der Waals surface area contributed by atoms with Gasteiger partial charge in [0.15, 0.2) is 17.5 Å². The average Bonchev–Trinajstić information content (AvgIpc) is 3.00. The molecule has 134 valence electrons. The van der Waals surface area contributed by atoms with Crippen molar-refractivity contribution in [2.45, 2.75) is 40.2 Å². The molecular formula is C19H31N3O2. The number of rotatable bonds is 6. The first-order valence-corrected chi connectivity index (χ1v) is 8.93. The van der Waals surface area contributed by atoms with E-state index >= 15 is 0 Å². The first-order valence-electron chi connectivity index (χ1n) is 8.93. The van der Waals surface area contributed by atoms with Crippen molar-refractivity contribution in [2.75, 3.05) is 26.7 Å². The van der Waals surface area contributed by atoms with E-state index in [1.807, 2.05) is 12.1 Å². The van der Waals surface area contributed by atoms with E-state index in [1.54, 1.807) is 13.2 Å². The summed E-state index contributed by atoms with van der Waals surface area (Å²) >= 11 is 0. The molecule has 1 aromatic rings. The van der Waals surface area contributed by atoms with Crippen molar-refractivity contribution >= 4 is 5.96 Å². The average molecular weight is 333 g/mol. The van der Waals surface area contributed by atoms with Crippen LogP contribution in [0.1, 0.15) is 39.2 Å². The molecule has 2 N–H and O–H groups in total. The van der Waals surface area contributed by atoms with Gasteiger partial charge in [-0.2, -0.15) is 0 Å². The SMILES string of the molecule is CCNC(=NCc1cccc(OC)c1O)N1CCC(CC(C)C)C1. The first-order chi connectivity index (χ1) is 11.5. The molecule has 0 aromatic heterocycles. The molecule has 1 atom stereocenters. The lowest BCUT2D eigenvalue weighted by molar-refractivity contribution is 0.370. The number of methoxy groups -OCH3 is 1. The predicted molar refractivity (Wildman–Crippen MR) is 98.6 cm³/mol. The lowest BCUT2D eigenvalue weighted by atomic mass is 9.97. The Hall–Kier alpha value is -1.91. The van der Waals surface area contributed by atoms with Crippen molar-refractivity contribution in [2.24, 2.45) is 16.8 Å². The maximum atomic E-state index is 10.2. The zero-order valence-corrected chi connectivity index (χ0v) is 15.4. The number of likely N-dealkylation sites (tertiary alicyclic amines) is 1. The Morgan fingerprint density at radius 3 is 2.92 bits per heavy atom. The number of phenolic OH excluding ortho intramolecular Hbond substituents is 1. The Bertz CT molecular complexity index is 558. The third-order valence-corrected chi connectivity index (χ3v) is 4.43. The van der Waals surface area contributed by atoms with Gasteiger partial charge in [-0.1, -0.05) is 26.0 Å². The van der Waals surface area contributed by atoms with Crippen LogP contribution in [-0.2, 0) is 6.54 Å². The van der Waals surface area contributed by atoms with Gasteiger partial charge in [0.2, 0.25) is 0 Å². The summed E-state index contributed by atoms with van der Waals surface area (Å²) in [5.74, 6) is 3.10. The Labute approximate surface area is 145 Å². The smallest absolute Gasteiger partial charge is 0.194 e. The van der Waals surface area contributed by atoms with Gasteiger partial charge < -0.3 is 20.1 Å². The van der Waals surface area contributed by atoms with Crippen LogP contribution in [0.25, 0.3) is 0 Å². The van der Waals surface area contributed by atoms with E-state index in [4.69, 9.17) is 9.73 Å². The molecule has 0 spiro atoms. The number of aromatic hydroxyl groups is 1. The first kappa shape index (κ1) is 18.4. The van der Waals surface area contributed by atoms with E-state index in [0.29, 0.717) is 12.3 Å². The summed E-state index contributed by atoms with van der Waals surface area (Å²) in [7, 11) is 1.56. The number of phenols is 1. The molecule has 5 nitrogen and oxygen atoms in total. The molecular weight excluding hydrogens is 302 g/mol. The summed E-state index contributed by atoms with van der Waals surface area (Å²) in [5.41, 5.74) is 0.780. The number of nitrogens with one attached hydrogen (secondary N) is 1. The molecule has 5 heteroatoms. The summed E-state index contributed by atoms with van der Waals surface area (Å²) in [6.45, 7) is 10.0. The van der Waals surface area contributed by atoms with Gasteiger partial charge >= 0.3 is 0 Å². The summed E-state index contributed by atoms with van der Waals surface area (Å²) < 4.78 is 5.17. The number of para-hydroxylation sites is 1. The molecule has 0 bridgehead atoms. The second-order valence-electron chi connectivity index (χ2n) is 6.87. The van der Waals surface area contributed by atoms with Crippen molar-refractivity contribution in [1.29, 1.82) is 0 Å². The Balaban J connectivity index is 2.06. The number of benzene rings is 1. The topological polar surface area (TPSA) is 57.1 Å². The van der Waals surface area contributed by atoms with Crippen LogP contribution >= 0.6 is 0 Å². The fourth-order valence-electron chi connectivity index (χ4n) is 3.33. The number of nitrogens with zero attached hydrogens (tertiary/aromatic N) is 2. The predicted octanol–water partition coefficient (Wildman–Crippen LogP) is 3.23. The third-order valence-electron chi connectivity index (χ3n) is 4.43. The molecule has 2 rings (SSSR count). The van der Waals surface area contributed by atoms with Crippen LogP contribution in [0.2, 0.25) is 0 Å². The quantitative estimate of drug-likeness (QED) is 0.620. The van der Waals surface area contributed by atoms with Gasteiger partial charge in [0.25, 0.3) is 0 Å².